The van der Waals surface area contributed by atoms with E-state index in [1.807, 2.05) is 13.8 Å². The number of rotatable bonds is 7. The minimum Gasteiger partial charge on any atom is -0.481 e. The van der Waals surface area contributed by atoms with Gasteiger partial charge in [-0.2, -0.15) is 4.98 Å². The van der Waals surface area contributed by atoms with E-state index < -0.39 is 5.97 Å². The summed E-state index contributed by atoms with van der Waals surface area (Å²) in [6.07, 6.45) is 2.22. The maximum Gasteiger partial charge on any atom is 0.305 e. The van der Waals surface area contributed by atoms with Gasteiger partial charge in [-0.3, -0.25) is 4.79 Å². The lowest BCUT2D eigenvalue weighted by atomic mass is 10.1. The highest BCUT2D eigenvalue weighted by Crippen LogP contribution is 2.35. The number of nitrogens with one attached hydrogen (secondary N) is 1. The second-order valence-electron chi connectivity index (χ2n) is 4.79. The molecule has 0 aromatic carbocycles. The smallest absolute Gasteiger partial charge is 0.305 e. The molecule has 104 valence electrons. The van der Waals surface area contributed by atoms with Crippen molar-refractivity contribution in [3.8, 4) is 5.88 Å². The molecule has 2 rings (SSSR count). The van der Waals surface area contributed by atoms with Gasteiger partial charge in [0.05, 0.1) is 13.0 Å². The molecule has 1 aromatic rings. The molecule has 6 heteroatoms. The maximum atomic E-state index is 10.9. The van der Waals surface area contributed by atoms with Gasteiger partial charge in [0.1, 0.15) is 0 Å². The fourth-order valence-electron chi connectivity index (χ4n) is 2.01. The Labute approximate surface area is 112 Å². The average molecular weight is 265 g/mol. The van der Waals surface area contributed by atoms with Crippen LogP contribution >= 0.6 is 0 Å². The predicted molar refractivity (Wildman–Crippen MR) is 70.3 cm³/mol. The van der Waals surface area contributed by atoms with Gasteiger partial charge in [0, 0.05) is 17.8 Å². The van der Waals surface area contributed by atoms with Crippen LogP contribution in [0.4, 0.5) is 5.95 Å². The Kier molecular flexibility index (Phi) is 4.19. The Hall–Kier alpha value is -1.85. The van der Waals surface area contributed by atoms with E-state index in [-0.39, 0.29) is 12.5 Å². The van der Waals surface area contributed by atoms with Gasteiger partial charge in [0.2, 0.25) is 11.8 Å². The van der Waals surface area contributed by atoms with Crippen LogP contribution in [-0.2, 0) is 4.79 Å². The first-order valence-electron chi connectivity index (χ1n) is 6.55. The zero-order valence-corrected chi connectivity index (χ0v) is 11.2. The number of carboxylic acid groups (broad SMARTS) is 1. The third-order valence-corrected chi connectivity index (χ3v) is 3.02. The SMILES string of the molecule is CCOc1cc(C)nc(NC(CC(=O)O)C2CC2)n1. The number of anilines is 1. The molecule has 1 fully saturated rings. The molecular formula is C13H19N3O3. The van der Waals surface area contributed by atoms with Gasteiger partial charge in [-0.25, -0.2) is 4.98 Å². The van der Waals surface area contributed by atoms with Gasteiger partial charge in [-0.15, -0.1) is 0 Å². The highest BCUT2D eigenvalue weighted by atomic mass is 16.5. The molecular weight excluding hydrogens is 246 g/mol. The highest BCUT2D eigenvalue weighted by molar-refractivity contribution is 5.68. The summed E-state index contributed by atoms with van der Waals surface area (Å²) in [5, 5.41) is 12.1. The van der Waals surface area contributed by atoms with Crippen molar-refractivity contribution in [2.75, 3.05) is 11.9 Å². The molecule has 1 unspecified atom stereocenters. The van der Waals surface area contributed by atoms with Crippen LogP contribution in [-0.4, -0.2) is 33.7 Å². The maximum absolute atomic E-state index is 10.9. The van der Waals surface area contributed by atoms with Crippen LogP contribution in [0, 0.1) is 12.8 Å². The van der Waals surface area contributed by atoms with E-state index in [4.69, 9.17) is 9.84 Å². The molecule has 6 nitrogen and oxygen atoms in total. The molecule has 1 aromatic heterocycles. The van der Waals surface area contributed by atoms with Crippen LogP contribution in [0.15, 0.2) is 6.07 Å². The van der Waals surface area contributed by atoms with Crippen molar-refractivity contribution in [2.24, 2.45) is 5.92 Å². The predicted octanol–water partition coefficient (Wildman–Crippen LogP) is 1.85. The fourth-order valence-corrected chi connectivity index (χ4v) is 2.01. The summed E-state index contributed by atoms with van der Waals surface area (Å²) in [5.74, 6) is 0.571. The first kappa shape index (κ1) is 13.6. The Morgan fingerprint density at radius 3 is 2.89 bits per heavy atom. The molecule has 0 aliphatic heterocycles. The van der Waals surface area contributed by atoms with Gasteiger partial charge in [0.15, 0.2) is 0 Å². The number of hydrogen-bond acceptors (Lipinski definition) is 5. The van der Waals surface area contributed by atoms with E-state index >= 15 is 0 Å². The Bertz CT molecular complexity index is 460. The summed E-state index contributed by atoms with van der Waals surface area (Å²) in [7, 11) is 0. The van der Waals surface area contributed by atoms with E-state index in [9.17, 15) is 4.79 Å². The van der Waals surface area contributed by atoms with Crippen LogP contribution in [0.5, 0.6) is 5.88 Å². The van der Waals surface area contributed by atoms with Crippen molar-refractivity contribution in [3.63, 3.8) is 0 Å². The summed E-state index contributed by atoms with van der Waals surface area (Å²) < 4.78 is 5.36. The van der Waals surface area contributed by atoms with Crippen molar-refractivity contribution in [2.45, 2.75) is 39.2 Å². The van der Waals surface area contributed by atoms with Crippen LogP contribution in [0.25, 0.3) is 0 Å². The molecule has 1 atom stereocenters. The molecule has 1 aliphatic rings. The summed E-state index contributed by atoms with van der Waals surface area (Å²) in [4.78, 5) is 19.4. The van der Waals surface area contributed by atoms with Gasteiger partial charge in [-0.1, -0.05) is 0 Å². The average Bonchev–Trinajstić information content (AvgIpc) is 3.10. The monoisotopic (exact) mass is 265 g/mol. The van der Waals surface area contributed by atoms with Crippen molar-refractivity contribution in [3.05, 3.63) is 11.8 Å². The third-order valence-electron chi connectivity index (χ3n) is 3.02. The molecule has 19 heavy (non-hydrogen) atoms. The number of aryl methyl sites for hydroxylation is 1. The number of hydrogen-bond donors (Lipinski definition) is 2. The van der Waals surface area contributed by atoms with Crippen molar-refractivity contribution >= 4 is 11.9 Å². The molecule has 1 aliphatic carbocycles. The summed E-state index contributed by atoms with van der Waals surface area (Å²) in [5.41, 5.74) is 0.797. The van der Waals surface area contributed by atoms with Crippen LogP contribution in [0.1, 0.15) is 31.9 Å². The van der Waals surface area contributed by atoms with Gasteiger partial charge in [-0.05, 0) is 32.6 Å². The zero-order chi connectivity index (χ0) is 13.8. The topological polar surface area (TPSA) is 84.3 Å². The van der Waals surface area contributed by atoms with Gasteiger partial charge < -0.3 is 15.2 Å². The summed E-state index contributed by atoms with van der Waals surface area (Å²) >= 11 is 0. The first-order chi connectivity index (χ1) is 9.08. The van der Waals surface area contributed by atoms with E-state index in [2.05, 4.69) is 15.3 Å². The molecule has 0 radical (unpaired) electrons. The Balaban J connectivity index is 2.09. The van der Waals surface area contributed by atoms with Crippen LogP contribution < -0.4 is 10.1 Å². The summed E-state index contributed by atoms with van der Waals surface area (Å²) in [6.45, 7) is 4.29. The van der Waals surface area contributed by atoms with E-state index in [1.54, 1.807) is 6.07 Å². The quantitative estimate of drug-likeness (QED) is 0.782. The van der Waals surface area contributed by atoms with Crippen molar-refractivity contribution in [1.29, 1.82) is 0 Å². The van der Waals surface area contributed by atoms with Crippen LogP contribution in [0.2, 0.25) is 0 Å². The van der Waals surface area contributed by atoms with Crippen molar-refractivity contribution < 1.29 is 14.6 Å². The molecule has 2 N–H and O–H groups in total. The molecule has 1 saturated carbocycles. The molecule has 0 bridgehead atoms. The molecule has 0 amide bonds. The lowest BCUT2D eigenvalue weighted by molar-refractivity contribution is -0.137. The number of carboxylic acids is 1. The van der Waals surface area contributed by atoms with E-state index in [0.29, 0.717) is 24.4 Å². The number of aromatic nitrogens is 2. The van der Waals surface area contributed by atoms with Crippen molar-refractivity contribution in [1.82, 2.24) is 9.97 Å². The fraction of sp³-hybridized carbons (Fsp3) is 0.615. The number of aliphatic carboxylic acids is 1. The summed E-state index contributed by atoms with van der Waals surface area (Å²) in [6, 6.07) is 1.66. The lowest BCUT2D eigenvalue weighted by Gasteiger charge is -2.16. The molecule has 1 heterocycles. The number of ether oxygens (including phenoxy) is 1. The number of nitrogens with zero attached hydrogens (tertiary/aromatic N) is 2. The van der Waals surface area contributed by atoms with E-state index in [0.717, 1.165) is 18.5 Å². The second-order valence-corrected chi connectivity index (χ2v) is 4.79. The second kappa shape index (κ2) is 5.86. The minimum atomic E-state index is -0.804. The Morgan fingerprint density at radius 2 is 2.32 bits per heavy atom. The normalized spacial score (nSPS) is 15.9. The van der Waals surface area contributed by atoms with Gasteiger partial charge >= 0.3 is 5.97 Å². The van der Waals surface area contributed by atoms with E-state index in [1.165, 1.54) is 0 Å². The standard InChI is InChI=1S/C13H19N3O3/c1-3-19-11-6-8(2)14-13(16-11)15-10(7-12(17)18)9-4-5-9/h6,9-10H,3-5,7H2,1-2H3,(H,17,18)(H,14,15,16). The minimum absolute atomic E-state index is 0.0892. The lowest BCUT2D eigenvalue weighted by Crippen LogP contribution is -2.26. The largest absolute Gasteiger partial charge is 0.481 e. The zero-order valence-electron chi connectivity index (χ0n) is 11.2. The van der Waals surface area contributed by atoms with Crippen LogP contribution in [0.3, 0.4) is 0 Å². The highest BCUT2D eigenvalue weighted by Gasteiger charge is 2.33. The molecule has 0 saturated heterocycles. The molecule has 0 spiro atoms. The van der Waals surface area contributed by atoms with Gasteiger partial charge in [0.25, 0.3) is 0 Å². The Morgan fingerprint density at radius 1 is 1.58 bits per heavy atom. The first-order valence-corrected chi connectivity index (χ1v) is 6.55. The number of carbonyl (C=O) groups is 1. The third kappa shape index (κ3) is 4.08.